The third-order valence-electron chi connectivity index (χ3n) is 4.56. The zero-order valence-corrected chi connectivity index (χ0v) is 14.1. The Morgan fingerprint density at radius 2 is 2.28 bits per heavy atom. The van der Waals surface area contributed by atoms with Crippen LogP contribution in [0.15, 0.2) is 18.2 Å². The molecular weight excluding hydrogens is 322 g/mol. The van der Waals surface area contributed by atoms with Crippen LogP contribution in [-0.4, -0.2) is 62.1 Å². The molecule has 3 N–H and O–H groups in total. The Morgan fingerprint density at radius 3 is 2.92 bits per heavy atom. The van der Waals surface area contributed by atoms with Gasteiger partial charge in [0.1, 0.15) is 12.7 Å². The van der Waals surface area contributed by atoms with Crippen LogP contribution in [0.3, 0.4) is 0 Å². The van der Waals surface area contributed by atoms with Crippen molar-refractivity contribution in [3.8, 4) is 6.07 Å². The van der Waals surface area contributed by atoms with E-state index in [1.165, 1.54) is 0 Å². The van der Waals surface area contributed by atoms with Crippen molar-refractivity contribution in [2.45, 2.75) is 18.5 Å². The SMILES string of the molecule is CN1C[C@@H](N)C[C@H]1C(=O)Nc1ccc(N2CCOCC2=O)cc1C#N. The second-order valence-electron chi connectivity index (χ2n) is 6.38. The van der Waals surface area contributed by atoms with Gasteiger partial charge in [0.25, 0.3) is 5.91 Å². The van der Waals surface area contributed by atoms with Crippen LogP contribution in [0.25, 0.3) is 0 Å². The van der Waals surface area contributed by atoms with Gasteiger partial charge in [-0.2, -0.15) is 5.26 Å². The van der Waals surface area contributed by atoms with Crippen molar-refractivity contribution in [3.05, 3.63) is 23.8 Å². The van der Waals surface area contributed by atoms with E-state index in [0.29, 0.717) is 43.1 Å². The molecule has 0 spiro atoms. The maximum absolute atomic E-state index is 12.5. The minimum absolute atomic E-state index is 0.0223. The molecule has 0 aromatic heterocycles. The van der Waals surface area contributed by atoms with Crippen LogP contribution in [0, 0.1) is 11.3 Å². The van der Waals surface area contributed by atoms with Gasteiger partial charge >= 0.3 is 0 Å². The molecule has 2 atom stereocenters. The minimum atomic E-state index is -0.304. The fourth-order valence-electron chi connectivity index (χ4n) is 3.25. The zero-order valence-electron chi connectivity index (χ0n) is 14.1. The first kappa shape index (κ1) is 17.4. The Labute approximate surface area is 146 Å². The topological polar surface area (TPSA) is 112 Å². The number of hydrogen-bond acceptors (Lipinski definition) is 6. The number of nitrogens with zero attached hydrogens (tertiary/aromatic N) is 3. The van der Waals surface area contributed by atoms with Crippen molar-refractivity contribution in [3.63, 3.8) is 0 Å². The average Bonchev–Trinajstić information content (AvgIpc) is 2.94. The summed E-state index contributed by atoms with van der Waals surface area (Å²) in [6.07, 6.45) is 0.588. The lowest BCUT2D eigenvalue weighted by molar-refractivity contribution is -0.125. The van der Waals surface area contributed by atoms with Crippen LogP contribution in [-0.2, 0) is 14.3 Å². The molecule has 1 aromatic rings. The predicted octanol–water partition coefficient (Wildman–Crippen LogP) is -0.109. The molecule has 132 valence electrons. The quantitative estimate of drug-likeness (QED) is 0.792. The number of benzene rings is 1. The standard InChI is InChI=1S/C17H21N5O3/c1-21-9-12(19)7-15(21)17(24)20-14-3-2-13(6-11(14)8-18)22-4-5-25-10-16(22)23/h2-3,6,12,15H,4-5,7,9-10,19H2,1H3,(H,20,24)/t12-,15-/m0/s1. The van der Waals surface area contributed by atoms with Gasteiger partial charge < -0.3 is 20.7 Å². The van der Waals surface area contributed by atoms with Crippen molar-refractivity contribution < 1.29 is 14.3 Å². The number of carbonyl (C=O) groups excluding carboxylic acids is 2. The number of carbonyl (C=O) groups is 2. The summed E-state index contributed by atoms with van der Waals surface area (Å²) < 4.78 is 5.11. The molecule has 25 heavy (non-hydrogen) atoms. The van der Waals surface area contributed by atoms with Gasteiger partial charge in [-0.3, -0.25) is 14.5 Å². The fraction of sp³-hybridized carbons (Fsp3) is 0.471. The highest BCUT2D eigenvalue weighted by molar-refractivity contribution is 5.98. The third kappa shape index (κ3) is 3.64. The predicted molar refractivity (Wildman–Crippen MR) is 92.0 cm³/mol. The molecule has 8 nitrogen and oxygen atoms in total. The van der Waals surface area contributed by atoms with Gasteiger partial charge in [-0.1, -0.05) is 0 Å². The van der Waals surface area contributed by atoms with E-state index in [0.717, 1.165) is 0 Å². The summed E-state index contributed by atoms with van der Waals surface area (Å²) in [5.74, 6) is -0.323. The summed E-state index contributed by atoms with van der Waals surface area (Å²) in [7, 11) is 1.86. The molecule has 1 aromatic carbocycles. The first-order valence-corrected chi connectivity index (χ1v) is 8.18. The van der Waals surface area contributed by atoms with Crippen LogP contribution >= 0.6 is 0 Å². The molecule has 2 fully saturated rings. The lowest BCUT2D eigenvalue weighted by atomic mass is 10.1. The number of nitriles is 1. The second kappa shape index (κ2) is 7.19. The number of ether oxygens (including phenoxy) is 1. The number of nitrogens with one attached hydrogen (secondary N) is 1. The molecule has 2 aliphatic rings. The fourth-order valence-corrected chi connectivity index (χ4v) is 3.25. The molecule has 3 rings (SSSR count). The van der Waals surface area contributed by atoms with Gasteiger partial charge in [0.05, 0.1) is 23.9 Å². The summed E-state index contributed by atoms with van der Waals surface area (Å²) in [6, 6.07) is 6.75. The van der Waals surface area contributed by atoms with Gasteiger partial charge in [-0.15, -0.1) is 0 Å². The van der Waals surface area contributed by atoms with Crippen LogP contribution in [0.4, 0.5) is 11.4 Å². The van der Waals surface area contributed by atoms with Crippen molar-refractivity contribution in [2.24, 2.45) is 5.73 Å². The Bertz CT molecular complexity index is 729. The molecule has 0 radical (unpaired) electrons. The van der Waals surface area contributed by atoms with Crippen molar-refractivity contribution in [2.75, 3.05) is 43.6 Å². The Morgan fingerprint density at radius 1 is 1.48 bits per heavy atom. The van der Waals surface area contributed by atoms with Gasteiger partial charge in [-0.05, 0) is 31.7 Å². The van der Waals surface area contributed by atoms with Crippen molar-refractivity contribution in [1.82, 2.24) is 4.90 Å². The largest absolute Gasteiger partial charge is 0.370 e. The Kier molecular flexibility index (Phi) is 4.99. The summed E-state index contributed by atoms with van der Waals surface area (Å²) in [4.78, 5) is 27.9. The Hall–Kier alpha value is -2.47. The number of rotatable bonds is 3. The maximum atomic E-state index is 12.5. The molecule has 8 heteroatoms. The molecule has 2 heterocycles. The number of likely N-dealkylation sites (N-methyl/N-ethyl adjacent to an activating group) is 1. The minimum Gasteiger partial charge on any atom is -0.370 e. The number of amides is 2. The summed E-state index contributed by atoms with van der Waals surface area (Å²) in [6.45, 7) is 1.61. The first-order valence-electron chi connectivity index (χ1n) is 8.18. The summed E-state index contributed by atoms with van der Waals surface area (Å²) in [5, 5.41) is 12.2. The normalized spacial score (nSPS) is 24.2. The molecule has 0 aliphatic carbocycles. The van der Waals surface area contributed by atoms with E-state index < -0.39 is 0 Å². The second-order valence-corrected chi connectivity index (χ2v) is 6.38. The molecule has 0 unspecified atom stereocenters. The van der Waals surface area contributed by atoms with Gasteiger partial charge in [-0.25, -0.2) is 0 Å². The highest BCUT2D eigenvalue weighted by Crippen LogP contribution is 2.25. The van der Waals surface area contributed by atoms with E-state index in [4.69, 9.17) is 10.5 Å². The van der Waals surface area contributed by atoms with E-state index in [2.05, 4.69) is 11.4 Å². The Balaban J connectivity index is 1.77. The molecule has 0 bridgehead atoms. The smallest absolute Gasteiger partial charge is 0.253 e. The van der Waals surface area contributed by atoms with Crippen LogP contribution in [0.2, 0.25) is 0 Å². The van der Waals surface area contributed by atoms with E-state index >= 15 is 0 Å². The molecule has 2 aliphatic heterocycles. The van der Waals surface area contributed by atoms with Gasteiger partial charge in [0.2, 0.25) is 5.91 Å². The van der Waals surface area contributed by atoms with Crippen LogP contribution in [0.5, 0.6) is 0 Å². The molecule has 0 saturated carbocycles. The lowest BCUT2D eigenvalue weighted by Crippen LogP contribution is -2.41. The molecular formula is C17H21N5O3. The zero-order chi connectivity index (χ0) is 18.0. The van der Waals surface area contributed by atoms with E-state index in [9.17, 15) is 14.9 Å². The average molecular weight is 343 g/mol. The highest BCUT2D eigenvalue weighted by Gasteiger charge is 2.33. The van der Waals surface area contributed by atoms with E-state index in [1.807, 2.05) is 11.9 Å². The number of nitrogens with two attached hydrogens (primary N) is 1. The molecule has 2 amide bonds. The number of hydrogen-bond donors (Lipinski definition) is 2. The van der Waals surface area contributed by atoms with Gasteiger partial charge in [0, 0.05) is 24.8 Å². The highest BCUT2D eigenvalue weighted by atomic mass is 16.5. The summed E-state index contributed by atoms with van der Waals surface area (Å²) >= 11 is 0. The summed E-state index contributed by atoms with van der Waals surface area (Å²) in [5.41, 5.74) is 7.28. The van der Waals surface area contributed by atoms with E-state index in [1.54, 1.807) is 23.1 Å². The van der Waals surface area contributed by atoms with Crippen LogP contribution < -0.4 is 16.0 Å². The lowest BCUT2D eigenvalue weighted by Gasteiger charge is -2.27. The maximum Gasteiger partial charge on any atom is 0.253 e. The van der Waals surface area contributed by atoms with Gasteiger partial charge in [0.15, 0.2) is 0 Å². The third-order valence-corrected chi connectivity index (χ3v) is 4.56. The van der Waals surface area contributed by atoms with E-state index in [-0.39, 0.29) is 30.5 Å². The molecule has 2 saturated heterocycles. The van der Waals surface area contributed by atoms with Crippen LogP contribution in [0.1, 0.15) is 12.0 Å². The number of anilines is 2. The monoisotopic (exact) mass is 343 g/mol. The first-order chi connectivity index (χ1) is 12.0. The number of likely N-dealkylation sites (tertiary alicyclic amines) is 1. The van der Waals surface area contributed by atoms with Crippen molar-refractivity contribution in [1.29, 1.82) is 5.26 Å². The number of morpholine rings is 1. The van der Waals surface area contributed by atoms with Crippen molar-refractivity contribution >= 4 is 23.2 Å².